The highest BCUT2D eigenvalue weighted by Crippen LogP contribution is 2.58. The van der Waals surface area contributed by atoms with Crippen LogP contribution in [0.25, 0.3) is 0 Å². The van der Waals surface area contributed by atoms with Crippen molar-refractivity contribution in [2.75, 3.05) is 18.8 Å². The van der Waals surface area contributed by atoms with Crippen molar-refractivity contribution in [3.63, 3.8) is 0 Å². The molecular formula is C22H32N2O3S. The number of hydrogen-bond donors (Lipinski definition) is 2. The molecule has 1 aromatic carbocycles. The predicted octanol–water partition coefficient (Wildman–Crippen LogP) is 2.19. The van der Waals surface area contributed by atoms with E-state index in [0.717, 1.165) is 31.8 Å². The number of benzene rings is 1. The molecule has 5 rings (SSSR count). The Morgan fingerprint density at radius 2 is 2.00 bits per heavy atom. The van der Waals surface area contributed by atoms with Crippen molar-refractivity contribution < 1.29 is 13.5 Å². The summed E-state index contributed by atoms with van der Waals surface area (Å²) in [4.78, 5) is 2.56. The first kappa shape index (κ1) is 19.0. The van der Waals surface area contributed by atoms with Crippen LogP contribution in [-0.4, -0.2) is 55.0 Å². The molecule has 2 saturated carbocycles. The van der Waals surface area contributed by atoms with Crippen molar-refractivity contribution >= 4 is 10.0 Å². The number of likely N-dealkylation sites (tertiary alicyclic amines) is 1. The molecule has 0 spiro atoms. The number of hydrogen-bond acceptors (Lipinski definition) is 4. The van der Waals surface area contributed by atoms with E-state index in [2.05, 4.69) is 33.9 Å². The Bertz CT molecular complexity index is 868. The van der Waals surface area contributed by atoms with E-state index >= 15 is 0 Å². The van der Waals surface area contributed by atoms with E-state index in [1.54, 1.807) is 6.92 Å². The lowest BCUT2D eigenvalue weighted by molar-refractivity contribution is -0.169. The van der Waals surface area contributed by atoms with Gasteiger partial charge in [0.1, 0.15) is 0 Å². The summed E-state index contributed by atoms with van der Waals surface area (Å²) >= 11 is 0. The van der Waals surface area contributed by atoms with Gasteiger partial charge in [-0.15, -0.1) is 0 Å². The maximum absolute atomic E-state index is 12.2. The second-order valence-electron chi connectivity index (χ2n) is 9.53. The monoisotopic (exact) mass is 404 g/mol. The highest BCUT2D eigenvalue weighted by atomic mass is 32.2. The lowest BCUT2D eigenvalue weighted by Crippen LogP contribution is -2.74. The quantitative estimate of drug-likeness (QED) is 0.789. The molecule has 2 bridgehead atoms. The molecule has 3 aliphatic carbocycles. The van der Waals surface area contributed by atoms with Gasteiger partial charge >= 0.3 is 0 Å². The molecule has 5 nitrogen and oxygen atoms in total. The highest BCUT2D eigenvalue weighted by molar-refractivity contribution is 7.89. The Labute approximate surface area is 168 Å². The summed E-state index contributed by atoms with van der Waals surface area (Å²) in [6.07, 6.45) is 6.56. The van der Waals surface area contributed by atoms with E-state index in [4.69, 9.17) is 0 Å². The molecule has 2 N–H and O–H groups in total. The molecule has 1 heterocycles. The van der Waals surface area contributed by atoms with Crippen molar-refractivity contribution in [1.29, 1.82) is 0 Å². The molecule has 4 aliphatic rings. The summed E-state index contributed by atoms with van der Waals surface area (Å²) in [7, 11) is -3.25. The van der Waals surface area contributed by atoms with Crippen LogP contribution in [0, 0.1) is 5.92 Å². The van der Waals surface area contributed by atoms with Crippen molar-refractivity contribution in [3.8, 4) is 0 Å². The fourth-order valence-electron chi connectivity index (χ4n) is 6.37. The highest BCUT2D eigenvalue weighted by Gasteiger charge is 2.64. The first-order chi connectivity index (χ1) is 13.4. The van der Waals surface area contributed by atoms with Gasteiger partial charge in [0.05, 0.1) is 11.4 Å². The number of rotatable bonds is 5. The molecule has 1 saturated heterocycles. The molecule has 0 radical (unpaired) electrons. The van der Waals surface area contributed by atoms with Crippen LogP contribution in [0.1, 0.15) is 56.6 Å². The molecule has 154 valence electrons. The van der Waals surface area contributed by atoms with Gasteiger partial charge in [-0.05, 0) is 75.5 Å². The fourth-order valence-corrected chi connectivity index (χ4v) is 7.24. The smallest absolute Gasteiger partial charge is 0.211 e. The zero-order valence-electron chi connectivity index (χ0n) is 16.7. The fraction of sp³-hybridized carbons (Fsp3) is 0.727. The zero-order chi connectivity index (χ0) is 19.6. The van der Waals surface area contributed by atoms with Crippen molar-refractivity contribution in [1.82, 2.24) is 9.62 Å². The SMILES string of the molecule is CCS(=O)(=O)NC1CC[C@@]2(O)[C@H]3Cc4ccccc4[C@@]2(CCN3CC2CC2)C1. The molecule has 28 heavy (non-hydrogen) atoms. The largest absolute Gasteiger partial charge is 0.387 e. The molecule has 6 heteroatoms. The van der Waals surface area contributed by atoms with Gasteiger partial charge in [-0.3, -0.25) is 4.90 Å². The second-order valence-corrected chi connectivity index (χ2v) is 11.6. The molecule has 4 atom stereocenters. The van der Waals surface area contributed by atoms with Crippen LogP contribution >= 0.6 is 0 Å². The first-order valence-electron chi connectivity index (χ1n) is 10.9. The van der Waals surface area contributed by atoms with Crippen LogP contribution in [0.2, 0.25) is 0 Å². The lowest BCUT2D eigenvalue weighted by Gasteiger charge is -2.65. The Kier molecular flexibility index (Phi) is 4.44. The second kappa shape index (κ2) is 6.53. The molecule has 0 amide bonds. The van der Waals surface area contributed by atoms with Gasteiger partial charge < -0.3 is 5.11 Å². The minimum atomic E-state index is -3.25. The number of fused-ring (bicyclic) bond motifs is 1. The minimum absolute atomic E-state index is 0.0907. The van der Waals surface area contributed by atoms with E-state index in [0.29, 0.717) is 19.3 Å². The summed E-state index contributed by atoms with van der Waals surface area (Å²) in [5, 5.41) is 12.2. The van der Waals surface area contributed by atoms with E-state index in [1.165, 1.54) is 24.0 Å². The van der Waals surface area contributed by atoms with Crippen LogP contribution in [0.4, 0.5) is 0 Å². The Hall–Kier alpha value is -0.950. The standard InChI is InChI=1S/C22H32N2O3S/c1-2-28(26,27)23-18-9-10-22(25)20-13-17-5-3-4-6-19(17)21(22,14-18)11-12-24(20)15-16-7-8-16/h3-6,16,18,20,23,25H,2,7-15H2,1H3/t18?,20-,21-,22-/m1/s1. The zero-order valence-corrected chi connectivity index (χ0v) is 17.5. The van der Waals surface area contributed by atoms with Crippen LogP contribution < -0.4 is 4.72 Å². The Balaban J connectivity index is 1.54. The van der Waals surface area contributed by atoms with E-state index in [-0.39, 0.29) is 23.3 Å². The van der Waals surface area contributed by atoms with Gasteiger partial charge in [0.25, 0.3) is 0 Å². The average molecular weight is 405 g/mol. The Morgan fingerprint density at radius 3 is 2.75 bits per heavy atom. The van der Waals surface area contributed by atoms with Crippen molar-refractivity contribution in [2.45, 2.75) is 75.0 Å². The predicted molar refractivity (Wildman–Crippen MR) is 110 cm³/mol. The summed E-state index contributed by atoms with van der Waals surface area (Å²) in [6.45, 7) is 3.80. The average Bonchev–Trinajstić information content (AvgIpc) is 3.48. The van der Waals surface area contributed by atoms with Gasteiger partial charge in [0, 0.05) is 24.0 Å². The lowest BCUT2D eigenvalue weighted by atomic mass is 9.49. The maximum Gasteiger partial charge on any atom is 0.211 e. The van der Waals surface area contributed by atoms with Crippen molar-refractivity contribution in [3.05, 3.63) is 35.4 Å². The third kappa shape index (κ3) is 2.87. The van der Waals surface area contributed by atoms with Crippen LogP contribution in [-0.2, 0) is 21.9 Å². The van der Waals surface area contributed by atoms with E-state index in [9.17, 15) is 13.5 Å². The molecular weight excluding hydrogens is 372 g/mol. The number of piperidine rings is 1. The summed E-state index contributed by atoms with van der Waals surface area (Å²) in [6, 6.07) is 8.63. The van der Waals surface area contributed by atoms with E-state index < -0.39 is 15.6 Å². The van der Waals surface area contributed by atoms with Crippen LogP contribution in [0.15, 0.2) is 24.3 Å². The van der Waals surface area contributed by atoms with Gasteiger partial charge in [-0.1, -0.05) is 24.3 Å². The Morgan fingerprint density at radius 1 is 1.21 bits per heavy atom. The number of nitrogens with zero attached hydrogens (tertiary/aromatic N) is 1. The minimum Gasteiger partial charge on any atom is -0.387 e. The van der Waals surface area contributed by atoms with Crippen molar-refractivity contribution in [2.24, 2.45) is 5.92 Å². The summed E-state index contributed by atoms with van der Waals surface area (Å²) in [5.41, 5.74) is 1.51. The molecule has 3 fully saturated rings. The van der Waals surface area contributed by atoms with Crippen LogP contribution in [0.5, 0.6) is 0 Å². The first-order valence-corrected chi connectivity index (χ1v) is 12.6. The van der Waals surface area contributed by atoms with Gasteiger partial charge in [0.15, 0.2) is 0 Å². The number of aliphatic hydroxyl groups is 1. The molecule has 1 aromatic rings. The third-order valence-corrected chi connectivity index (χ3v) is 9.43. The van der Waals surface area contributed by atoms with Gasteiger partial charge in [0.2, 0.25) is 10.0 Å². The summed E-state index contributed by atoms with van der Waals surface area (Å²) < 4.78 is 27.4. The van der Waals surface area contributed by atoms with E-state index in [1.807, 2.05) is 0 Å². The van der Waals surface area contributed by atoms with Gasteiger partial charge in [-0.2, -0.15) is 0 Å². The maximum atomic E-state index is 12.2. The van der Waals surface area contributed by atoms with Gasteiger partial charge in [-0.25, -0.2) is 13.1 Å². The third-order valence-electron chi connectivity index (χ3n) is 7.98. The topological polar surface area (TPSA) is 69.6 Å². The van der Waals surface area contributed by atoms with Crippen LogP contribution in [0.3, 0.4) is 0 Å². The molecule has 1 unspecified atom stereocenters. The molecule has 0 aromatic heterocycles. The number of sulfonamides is 1. The normalized spacial score (nSPS) is 37.9. The summed E-state index contributed by atoms with van der Waals surface area (Å²) in [5.74, 6) is 0.913. The number of nitrogens with one attached hydrogen (secondary N) is 1. The molecule has 1 aliphatic heterocycles.